The molecule has 2 aromatic rings. The van der Waals surface area contributed by atoms with E-state index in [1.54, 1.807) is 13.3 Å². The summed E-state index contributed by atoms with van der Waals surface area (Å²) in [5.41, 5.74) is 0.813. The summed E-state index contributed by atoms with van der Waals surface area (Å²) in [5.74, 6) is 1.63. The van der Waals surface area contributed by atoms with E-state index in [-0.39, 0.29) is 5.91 Å². The summed E-state index contributed by atoms with van der Waals surface area (Å²) in [4.78, 5) is 15.6. The number of methoxy groups -OCH3 is 1. The number of likely N-dealkylation sites (tertiary alicyclic amines) is 1. The highest BCUT2D eigenvalue weighted by atomic mass is 16.5. The molecule has 0 bridgehead atoms. The molecule has 6 nitrogen and oxygen atoms in total. The lowest BCUT2D eigenvalue weighted by atomic mass is 9.84. The Bertz CT molecular complexity index is 743. The van der Waals surface area contributed by atoms with Crippen LogP contribution < -0.4 is 10.1 Å². The summed E-state index contributed by atoms with van der Waals surface area (Å²) >= 11 is 0. The van der Waals surface area contributed by atoms with Gasteiger partial charge >= 0.3 is 0 Å². The van der Waals surface area contributed by atoms with Crippen molar-refractivity contribution in [2.45, 2.75) is 37.1 Å². The molecule has 6 heteroatoms. The average molecular weight is 368 g/mol. The minimum absolute atomic E-state index is 0.237. The van der Waals surface area contributed by atoms with Crippen LogP contribution in [0.25, 0.3) is 0 Å². The zero-order valence-electron chi connectivity index (χ0n) is 15.9. The molecule has 1 N–H and O–H groups in total. The van der Waals surface area contributed by atoms with Crippen molar-refractivity contribution in [3.63, 3.8) is 0 Å². The standard InChI is InChI=1S/C21H28N4O2/c1-27-19-5-3-17(4-6-19)18-7-15-24(16-8-18)20(26)21(9-12-22-13-10-21)25-14-2-11-23-25/h2-6,11,14,18,22H,7-10,12-13,15-16H2,1H3. The number of hydrogen-bond acceptors (Lipinski definition) is 4. The summed E-state index contributed by atoms with van der Waals surface area (Å²) in [7, 11) is 1.69. The number of nitrogens with zero attached hydrogens (tertiary/aromatic N) is 3. The molecule has 1 amide bonds. The molecular weight excluding hydrogens is 340 g/mol. The van der Waals surface area contributed by atoms with Crippen molar-refractivity contribution in [2.75, 3.05) is 33.3 Å². The number of nitrogens with one attached hydrogen (secondary N) is 1. The molecule has 144 valence electrons. The van der Waals surface area contributed by atoms with Crippen molar-refractivity contribution in [3.8, 4) is 5.75 Å². The second-order valence-electron chi connectivity index (χ2n) is 7.57. The lowest BCUT2D eigenvalue weighted by Crippen LogP contribution is -2.56. The summed E-state index contributed by atoms with van der Waals surface area (Å²) < 4.78 is 7.15. The Balaban J connectivity index is 1.45. The lowest BCUT2D eigenvalue weighted by Gasteiger charge is -2.42. The van der Waals surface area contributed by atoms with Crippen LogP contribution in [0.4, 0.5) is 0 Å². The average Bonchev–Trinajstić information content (AvgIpc) is 3.29. The maximum atomic E-state index is 13.5. The van der Waals surface area contributed by atoms with Gasteiger partial charge in [-0.2, -0.15) is 5.10 Å². The Hall–Kier alpha value is -2.34. The van der Waals surface area contributed by atoms with Crippen LogP contribution in [0.3, 0.4) is 0 Å². The van der Waals surface area contributed by atoms with Gasteiger partial charge in [0, 0.05) is 25.5 Å². The SMILES string of the molecule is COc1ccc(C2CCN(C(=O)C3(n4cccn4)CCNCC3)CC2)cc1. The highest BCUT2D eigenvalue weighted by Crippen LogP contribution is 2.34. The monoisotopic (exact) mass is 368 g/mol. The number of ether oxygens (including phenoxy) is 1. The van der Waals surface area contributed by atoms with Crippen molar-refractivity contribution < 1.29 is 9.53 Å². The lowest BCUT2D eigenvalue weighted by molar-refractivity contribution is -0.144. The van der Waals surface area contributed by atoms with Crippen molar-refractivity contribution in [3.05, 3.63) is 48.3 Å². The third-order valence-corrected chi connectivity index (χ3v) is 6.14. The van der Waals surface area contributed by atoms with Crippen LogP contribution in [0, 0.1) is 0 Å². The van der Waals surface area contributed by atoms with Crippen molar-refractivity contribution in [2.24, 2.45) is 0 Å². The van der Waals surface area contributed by atoms with Gasteiger partial charge in [-0.05, 0) is 68.5 Å². The van der Waals surface area contributed by atoms with E-state index in [4.69, 9.17) is 4.74 Å². The number of rotatable bonds is 4. The Morgan fingerprint density at radius 2 is 1.89 bits per heavy atom. The molecule has 2 aliphatic rings. The largest absolute Gasteiger partial charge is 0.497 e. The predicted octanol–water partition coefficient (Wildman–Crippen LogP) is 2.38. The number of carbonyl (C=O) groups excluding carboxylic acids is 1. The minimum atomic E-state index is -0.526. The van der Waals surface area contributed by atoms with Gasteiger partial charge in [0.1, 0.15) is 11.3 Å². The van der Waals surface area contributed by atoms with Gasteiger partial charge in [0.05, 0.1) is 7.11 Å². The number of amides is 1. The van der Waals surface area contributed by atoms with Crippen molar-refractivity contribution in [1.82, 2.24) is 20.0 Å². The first-order chi connectivity index (χ1) is 13.2. The van der Waals surface area contributed by atoms with E-state index in [1.165, 1.54) is 5.56 Å². The van der Waals surface area contributed by atoms with E-state index in [0.29, 0.717) is 5.92 Å². The molecule has 0 unspecified atom stereocenters. The highest BCUT2D eigenvalue weighted by Gasteiger charge is 2.45. The van der Waals surface area contributed by atoms with Gasteiger partial charge in [0.25, 0.3) is 5.91 Å². The quantitative estimate of drug-likeness (QED) is 0.900. The molecule has 0 spiro atoms. The minimum Gasteiger partial charge on any atom is -0.497 e. The summed E-state index contributed by atoms with van der Waals surface area (Å²) in [6, 6.07) is 10.3. The van der Waals surface area contributed by atoms with Crippen LogP contribution >= 0.6 is 0 Å². The van der Waals surface area contributed by atoms with Crippen LogP contribution in [0.1, 0.15) is 37.2 Å². The topological polar surface area (TPSA) is 59.4 Å². The van der Waals surface area contributed by atoms with E-state index >= 15 is 0 Å². The molecular formula is C21H28N4O2. The molecule has 4 rings (SSSR count). The molecule has 27 heavy (non-hydrogen) atoms. The van der Waals surface area contributed by atoms with Crippen molar-refractivity contribution >= 4 is 5.91 Å². The fourth-order valence-corrected chi connectivity index (χ4v) is 4.49. The second kappa shape index (κ2) is 7.72. The van der Waals surface area contributed by atoms with Crippen LogP contribution in [0.15, 0.2) is 42.7 Å². The Morgan fingerprint density at radius 1 is 1.19 bits per heavy atom. The number of hydrogen-bond donors (Lipinski definition) is 1. The molecule has 2 aliphatic heterocycles. The van der Waals surface area contributed by atoms with Gasteiger partial charge in [-0.1, -0.05) is 12.1 Å². The molecule has 0 aliphatic carbocycles. The van der Waals surface area contributed by atoms with Crippen LogP contribution in [0.5, 0.6) is 5.75 Å². The smallest absolute Gasteiger partial charge is 0.250 e. The van der Waals surface area contributed by atoms with Gasteiger partial charge in [-0.15, -0.1) is 0 Å². The zero-order chi connectivity index (χ0) is 18.7. The maximum Gasteiger partial charge on any atom is 0.250 e. The van der Waals surface area contributed by atoms with Gasteiger partial charge < -0.3 is 15.0 Å². The number of benzene rings is 1. The summed E-state index contributed by atoms with van der Waals surface area (Å²) in [6.45, 7) is 3.33. The molecule has 0 atom stereocenters. The normalized spacial score (nSPS) is 20.4. The van der Waals surface area contributed by atoms with Crippen LogP contribution in [0.2, 0.25) is 0 Å². The van der Waals surface area contributed by atoms with Crippen LogP contribution in [-0.2, 0) is 10.3 Å². The first-order valence-corrected chi connectivity index (χ1v) is 9.87. The summed E-state index contributed by atoms with van der Waals surface area (Å²) in [5, 5.41) is 7.81. The van der Waals surface area contributed by atoms with E-state index in [1.807, 2.05) is 29.1 Å². The third kappa shape index (κ3) is 3.46. The van der Waals surface area contributed by atoms with E-state index in [2.05, 4.69) is 27.4 Å². The van der Waals surface area contributed by atoms with E-state index in [0.717, 1.165) is 57.6 Å². The van der Waals surface area contributed by atoms with E-state index < -0.39 is 5.54 Å². The predicted molar refractivity (Wildman–Crippen MR) is 104 cm³/mol. The molecule has 1 aromatic carbocycles. The Kier molecular flexibility index (Phi) is 5.16. The Labute approximate surface area is 160 Å². The molecule has 2 saturated heterocycles. The van der Waals surface area contributed by atoms with Gasteiger partial charge in [-0.25, -0.2) is 0 Å². The number of piperidine rings is 2. The zero-order valence-corrected chi connectivity index (χ0v) is 15.9. The van der Waals surface area contributed by atoms with E-state index in [9.17, 15) is 4.79 Å². The third-order valence-electron chi connectivity index (χ3n) is 6.14. The van der Waals surface area contributed by atoms with Gasteiger partial charge in [0.2, 0.25) is 0 Å². The second-order valence-corrected chi connectivity index (χ2v) is 7.57. The summed E-state index contributed by atoms with van der Waals surface area (Å²) in [6.07, 6.45) is 7.31. The first-order valence-electron chi connectivity index (χ1n) is 9.87. The number of carbonyl (C=O) groups is 1. The molecule has 2 fully saturated rings. The molecule has 0 saturated carbocycles. The highest BCUT2D eigenvalue weighted by molar-refractivity contribution is 5.84. The van der Waals surface area contributed by atoms with Crippen molar-refractivity contribution in [1.29, 1.82) is 0 Å². The first kappa shape index (κ1) is 18.0. The van der Waals surface area contributed by atoms with Gasteiger partial charge in [-0.3, -0.25) is 9.48 Å². The maximum absolute atomic E-state index is 13.5. The molecule has 3 heterocycles. The Morgan fingerprint density at radius 3 is 2.48 bits per heavy atom. The fraction of sp³-hybridized carbons (Fsp3) is 0.524. The molecule has 0 radical (unpaired) electrons. The fourth-order valence-electron chi connectivity index (χ4n) is 4.49. The van der Waals surface area contributed by atoms with Crippen LogP contribution in [-0.4, -0.2) is 53.9 Å². The van der Waals surface area contributed by atoms with Gasteiger partial charge in [0.15, 0.2) is 0 Å². The molecule has 1 aromatic heterocycles. The number of aromatic nitrogens is 2.